The van der Waals surface area contributed by atoms with Crippen molar-refractivity contribution in [3.8, 4) is 6.07 Å². The third-order valence-corrected chi connectivity index (χ3v) is 4.79. The lowest BCUT2D eigenvalue weighted by molar-refractivity contribution is 0.312. The van der Waals surface area contributed by atoms with E-state index in [9.17, 15) is 0 Å². The first-order chi connectivity index (χ1) is 7.79. The minimum absolute atomic E-state index is 0.206. The highest BCUT2D eigenvalue weighted by molar-refractivity contribution is 9.10. The van der Waals surface area contributed by atoms with Crippen molar-refractivity contribution < 1.29 is 0 Å². The van der Waals surface area contributed by atoms with Gasteiger partial charge in [0.05, 0.1) is 12.0 Å². The first-order valence-electron chi connectivity index (χ1n) is 5.65. The standard InChI is InChI=1S/C12H15BrN2S/c13-10-5-11(16-8-10)7-15-12-4-2-1-3-9(12)6-14/h5,8-9,12,15H,1-4,7H2. The molecule has 0 saturated heterocycles. The fourth-order valence-corrected chi connectivity index (χ4v) is 3.61. The second-order valence-corrected chi connectivity index (χ2v) is 6.15. The molecule has 2 unspecified atom stereocenters. The maximum absolute atomic E-state index is 9.07. The maximum atomic E-state index is 9.07. The number of hydrogen-bond donors (Lipinski definition) is 1. The first-order valence-corrected chi connectivity index (χ1v) is 7.33. The third-order valence-electron chi connectivity index (χ3n) is 3.09. The molecule has 2 nitrogen and oxygen atoms in total. The molecule has 2 atom stereocenters. The largest absolute Gasteiger partial charge is 0.308 e. The van der Waals surface area contributed by atoms with Gasteiger partial charge in [0.2, 0.25) is 0 Å². The van der Waals surface area contributed by atoms with Crippen LogP contribution in [0.5, 0.6) is 0 Å². The van der Waals surface area contributed by atoms with E-state index < -0.39 is 0 Å². The quantitative estimate of drug-likeness (QED) is 0.924. The van der Waals surface area contributed by atoms with E-state index in [-0.39, 0.29) is 5.92 Å². The van der Waals surface area contributed by atoms with E-state index in [2.05, 4.69) is 38.8 Å². The summed E-state index contributed by atoms with van der Waals surface area (Å²) in [6.45, 7) is 0.888. The molecule has 0 radical (unpaired) electrons. The van der Waals surface area contributed by atoms with Crippen LogP contribution in [0, 0.1) is 17.2 Å². The first kappa shape index (κ1) is 12.1. The van der Waals surface area contributed by atoms with Gasteiger partial charge >= 0.3 is 0 Å². The summed E-state index contributed by atoms with van der Waals surface area (Å²) in [7, 11) is 0. The Morgan fingerprint density at radius 3 is 3.00 bits per heavy atom. The van der Waals surface area contributed by atoms with Gasteiger partial charge < -0.3 is 5.32 Å². The van der Waals surface area contributed by atoms with E-state index in [0.717, 1.165) is 23.9 Å². The Labute approximate surface area is 109 Å². The smallest absolute Gasteiger partial charge is 0.0672 e. The monoisotopic (exact) mass is 298 g/mol. The number of rotatable bonds is 3. The maximum Gasteiger partial charge on any atom is 0.0672 e. The number of nitriles is 1. The molecule has 16 heavy (non-hydrogen) atoms. The van der Waals surface area contributed by atoms with Crippen LogP contribution in [0.3, 0.4) is 0 Å². The number of nitrogens with one attached hydrogen (secondary N) is 1. The van der Waals surface area contributed by atoms with Gasteiger partial charge in [0.1, 0.15) is 0 Å². The molecular formula is C12H15BrN2S. The molecule has 4 heteroatoms. The molecule has 1 aromatic heterocycles. The van der Waals surface area contributed by atoms with E-state index in [1.807, 2.05) is 0 Å². The molecule has 0 aromatic carbocycles. The SMILES string of the molecule is N#CC1CCCCC1NCc1cc(Br)cs1. The highest BCUT2D eigenvalue weighted by atomic mass is 79.9. The van der Waals surface area contributed by atoms with Gasteiger partial charge in [-0.05, 0) is 34.8 Å². The molecule has 1 aromatic rings. The molecule has 1 heterocycles. The molecule has 1 N–H and O–H groups in total. The van der Waals surface area contributed by atoms with Crippen LogP contribution in [-0.2, 0) is 6.54 Å². The normalized spacial score (nSPS) is 25.2. The molecule has 1 aliphatic rings. The highest BCUT2D eigenvalue weighted by Gasteiger charge is 2.24. The van der Waals surface area contributed by atoms with Crippen LogP contribution >= 0.6 is 27.3 Å². The Balaban J connectivity index is 1.87. The molecular weight excluding hydrogens is 284 g/mol. The van der Waals surface area contributed by atoms with Gasteiger partial charge in [0.25, 0.3) is 0 Å². The lowest BCUT2D eigenvalue weighted by Gasteiger charge is -2.27. The van der Waals surface area contributed by atoms with Crippen molar-refractivity contribution in [1.29, 1.82) is 5.26 Å². The molecule has 86 valence electrons. The summed E-state index contributed by atoms with van der Waals surface area (Å²) in [6.07, 6.45) is 4.66. The van der Waals surface area contributed by atoms with Crippen molar-refractivity contribution >= 4 is 27.3 Å². The Morgan fingerprint density at radius 2 is 2.31 bits per heavy atom. The van der Waals surface area contributed by atoms with Crippen LogP contribution in [0.2, 0.25) is 0 Å². The lowest BCUT2D eigenvalue weighted by atomic mass is 9.85. The Morgan fingerprint density at radius 1 is 1.50 bits per heavy atom. The average molecular weight is 299 g/mol. The van der Waals surface area contributed by atoms with Crippen molar-refractivity contribution in [2.45, 2.75) is 38.3 Å². The molecule has 2 rings (SSSR count). The van der Waals surface area contributed by atoms with Crippen LogP contribution in [0.4, 0.5) is 0 Å². The number of thiophene rings is 1. The summed E-state index contributed by atoms with van der Waals surface area (Å²) in [5.41, 5.74) is 0. The fraction of sp³-hybridized carbons (Fsp3) is 0.583. The number of halogens is 1. The summed E-state index contributed by atoms with van der Waals surface area (Å²) >= 11 is 5.21. The van der Waals surface area contributed by atoms with Crippen LogP contribution in [0.1, 0.15) is 30.6 Å². The summed E-state index contributed by atoms with van der Waals surface area (Å²) in [4.78, 5) is 1.33. The van der Waals surface area contributed by atoms with Crippen LogP contribution in [0.25, 0.3) is 0 Å². The Kier molecular flexibility index (Phi) is 4.39. The van der Waals surface area contributed by atoms with Gasteiger partial charge in [-0.25, -0.2) is 0 Å². The molecule has 0 aliphatic heterocycles. The second-order valence-electron chi connectivity index (χ2n) is 4.24. The lowest BCUT2D eigenvalue weighted by Crippen LogP contribution is -2.37. The average Bonchev–Trinajstić information content (AvgIpc) is 2.73. The highest BCUT2D eigenvalue weighted by Crippen LogP contribution is 2.25. The van der Waals surface area contributed by atoms with Crippen molar-refractivity contribution in [3.63, 3.8) is 0 Å². The van der Waals surface area contributed by atoms with Crippen LogP contribution in [-0.4, -0.2) is 6.04 Å². The predicted octanol–water partition coefficient (Wildman–Crippen LogP) is 3.68. The number of nitrogens with zero attached hydrogens (tertiary/aromatic N) is 1. The zero-order valence-electron chi connectivity index (χ0n) is 9.08. The minimum Gasteiger partial charge on any atom is -0.308 e. The van der Waals surface area contributed by atoms with Crippen molar-refractivity contribution in [1.82, 2.24) is 5.32 Å². The van der Waals surface area contributed by atoms with Crippen molar-refractivity contribution in [3.05, 3.63) is 20.8 Å². The summed E-state index contributed by atoms with van der Waals surface area (Å²) < 4.78 is 1.15. The van der Waals surface area contributed by atoms with Crippen molar-refractivity contribution in [2.24, 2.45) is 5.92 Å². The third kappa shape index (κ3) is 3.07. The molecule has 1 aliphatic carbocycles. The summed E-state index contributed by atoms with van der Waals surface area (Å²) in [6, 6.07) is 4.96. The minimum atomic E-state index is 0.206. The van der Waals surface area contributed by atoms with Gasteiger partial charge in [-0.15, -0.1) is 11.3 Å². The molecule has 0 amide bonds. The molecule has 1 fully saturated rings. The van der Waals surface area contributed by atoms with E-state index in [1.54, 1.807) is 11.3 Å². The van der Waals surface area contributed by atoms with E-state index in [0.29, 0.717) is 6.04 Å². The fourth-order valence-electron chi connectivity index (χ4n) is 2.21. The molecule has 0 spiro atoms. The van der Waals surface area contributed by atoms with E-state index >= 15 is 0 Å². The zero-order valence-corrected chi connectivity index (χ0v) is 11.5. The van der Waals surface area contributed by atoms with Gasteiger partial charge in [0, 0.05) is 27.3 Å². The Bertz CT molecular complexity index is 383. The van der Waals surface area contributed by atoms with Crippen LogP contribution < -0.4 is 5.32 Å². The molecule has 1 saturated carbocycles. The molecule has 0 bridgehead atoms. The Hall–Kier alpha value is -0.370. The van der Waals surface area contributed by atoms with E-state index in [4.69, 9.17) is 5.26 Å². The van der Waals surface area contributed by atoms with Gasteiger partial charge in [-0.3, -0.25) is 0 Å². The number of hydrogen-bond acceptors (Lipinski definition) is 3. The summed E-state index contributed by atoms with van der Waals surface area (Å²) in [5.74, 6) is 0.206. The second kappa shape index (κ2) is 5.81. The topological polar surface area (TPSA) is 35.8 Å². The van der Waals surface area contributed by atoms with Crippen LogP contribution in [0.15, 0.2) is 15.9 Å². The van der Waals surface area contributed by atoms with Gasteiger partial charge in [-0.1, -0.05) is 12.8 Å². The van der Waals surface area contributed by atoms with Gasteiger partial charge in [0.15, 0.2) is 0 Å². The zero-order chi connectivity index (χ0) is 11.4. The van der Waals surface area contributed by atoms with Gasteiger partial charge in [-0.2, -0.15) is 5.26 Å². The van der Waals surface area contributed by atoms with E-state index in [1.165, 1.54) is 17.7 Å². The predicted molar refractivity (Wildman–Crippen MR) is 70.2 cm³/mol. The van der Waals surface area contributed by atoms with Crippen molar-refractivity contribution in [2.75, 3.05) is 0 Å². The summed E-state index contributed by atoms with van der Waals surface area (Å²) in [5, 5.41) is 14.7.